The van der Waals surface area contributed by atoms with Crippen LogP contribution in [0.4, 0.5) is 11.4 Å². The number of benzene rings is 1. The van der Waals surface area contributed by atoms with Gasteiger partial charge in [0, 0.05) is 18.8 Å². The maximum Gasteiger partial charge on any atom is 0.262 e. The molecule has 0 aliphatic carbocycles. The van der Waals surface area contributed by atoms with E-state index in [2.05, 4.69) is 10.6 Å². The molecule has 1 saturated heterocycles. The zero-order valence-electron chi connectivity index (χ0n) is 10.1. The van der Waals surface area contributed by atoms with Gasteiger partial charge in [-0.25, -0.2) is 0 Å². The Labute approximate surface area is 105 Å². The van der Waals surface area contributed by atoms with E-state index in [1.807, 2.05) is 18.2 Å². The highest BCUT2D eigenvalue weighted by Gasteiger charge is 2.17. The van der Waals surface area contributed by atoms with Gasteiger partial charge in [-0.2, -0.15) is 0 Å². The lowest BCUT2D eigenvalue weighted by Gasteiger charge is -2.19. The lowest BCUT2D eigenvalue weighted by atomic mass is 10.2. The van der Waals surface area contributed by atoms with Gasteiger partial charge in [0.05, 0.1) is 11.8 Å². The van der Waals surface area contributed by atoms with Crippen molar-refractivity contribution in [3.05, 3.63) is 18.2 Å². The zero-order chi connectivity index (χ0) is 12.4. The van der Waals surface area contributed by atoms with E-state index < -0.39 is 0 Å². The second kappa shape index (κ2) is 4.86. The van der Waals surface area contributed by atoms with Crippen molar-refractivity contribution in [2.75, 3.05) is 30.4 Å². The molecule has 2 heterocycles. The monoisotopic (exact) mass is 248 g/mol. The minimum atomic E-state index is -0.112. The highest BCUT2D eigenvalue weighted by atomic mass is 16.5. The molecular weight excluding hydrogens is 232 g/mol. The SMILES string of the molecule is O=C1COc2ccc(NCC3CCCO3)cc2N1. The van der Waals surface area contributed by atoms with Crippen molar-refractivity contribution in [3.63, 3.8) is 0 Å². The molecule has 0 saturated carbocycles. The molecule has 2 aliphatic heterocycles. The number of hydrogen-bond donors (Lipinski definition) is 2. The normalized spacial score (nSPS) is 22.0. The quantitative estimate of drug-likeness (QED) is 0.853. The van der Waals surface area contributed by atoms with E-state index in [1.165, 1.54) is 0 Å². The number of fused-ring (bicyclic) bond motifs is 1. The smallest absolute Gasteiger partial charge is 0.262 e. The summed E-state index contributed by atoms with van der Waals surface area (Å²) in [5, 5.41) is 6.11. The minimum absolute atomic E-state index is 0.0929. The van der Waals surface area contributed by atoms with E-state index in [9.17, 15) is 4.79 Å². The molecule has 1 aromatic carbocycles. The van der Waals surface area contributed by atoms with E-state index in [-0.39, 0.29) is 12.5 Å². The van der Waals surface area contributed by atoms with E-state index in [1.54, 1.807) is 0 Å². The van der Waals surface area contributed by atoms with Gasteiger partial charge in [0.15, 0.2) is 6.61 Å². The third kappa shape index (κ3) is 2.41. The first kappa shape index (κ1) is 11.3. The Morgan fingerprint density at radius 1 is 1.44 bits per heavy atom. The second-order valence-corrected chi connectivity index (χ2v) is 4.56. The van der Waals surface area contributed by atoms with Crippen molar-refractivity contribution in [3.8, 4) is 5.75 Å². The van der Waals surface area contributed by atoms with Crippen LogP contribution in [0, 0.1) is 0 Å². The Bertz CT molecular complexity index is 456. The average Bonchev–Trinajstić information content (AvgIpc) is 2.89. The summed E-state index contributed by atoms with van der Waals surface area (Å²) < 4.78 is 10.9. The Hall–Kier alpha value is -1.75. The van der Waals surface area contributed by atoms with Gasteiger partial charge in [-0.3, -0.25) is 4.79 Å². The number of ether oxygens (including phenoxy) is 2. The molecule has 0 spiro atoms. The van der Waals surface area contributed by atoms with Crippen molar-refractivity contribution in [2.24, 2.45) is 0 Å². The number of carbonyl (C=O) groups excluding carboxylic acids is 1. The lowest BCUT2D eigenvalue weighted by molar-refractivity contribution is -0.118. The maximum atomic E-state index is 11.2. The van der Waals surface area contributed by atoms with Crippen molar-refractivity contribution in [1.82, 2.24) is 0 Å². The van der Waals surface area contributed by atoms with Gasteiger partial charge in [0.1, 0.15) is 5.75 Å². The van der Waals surface area contributed by atoms with E-state index in [0.717, 1.165) is 43.1 Å². The van der Waals surface area contributed by atoms with Crippen LogP contribution in [0.15, 0.2) is 18.2 Å². The maximum absolute atomic E-state index is 11.2. The number of rotatable bonds is 3. The predicted octanol–water partition coefficient (Wildman–Crippen LogP) is 1.61. The Kier molecular flexibility index (Phi) is 3.06. The number of anilines is 2. The van der Waals surface area contributed by atoms with Gasteiger partial charge >= 0.3 is 0 Å². The average molecular weight is 248 g/mol. The summed E-state index contributed by atoms with van der Waals surface area (Å²) >= 11 is 0. The summed E-state index contributed by atoms with van der Waals surface area (Å²) in [6, 6.07) is 5.71. The number of nitrogens with one attached hydrogen (secondary N) is 2. The molecule has 5 nitrogen and oxygen atoms in total. The highest BCUT2D eigenvalue weighted by molar-refractivity contribution is 5.95. The molecular formula is C13H16N2O3. The lowest BCUT2D eigenvalue weighted by Crippen LogP contribution is -2.25. The summed E-state index contributed by atoms with van der Waals surface area (Å²) in [5.41, 5.74) is 1.69. The molecule has 1 fully saturated rings. The third-order valence-corrected chi connectivity index (χ3v) is 3.17. The molecule has 1 unspecified atom stereocenters. The van der Waals surface area contributed by atoms with Crippen LogP contribution < -0.4 is 15.4 Å². The van der Waals surface area contributed by atoms with Crippen molar-refractivity contribution < 1.29 is 14.3 Å². The standard InChI is InChI=1S/C13H16N2O3/c16-13-8-18-12-4-3-9(6-11(12)15-13)14-7-10-2-1-5-17-10/h3-4,6,10,14H,1-2,5,7-8H2,(H,15,16). The van der Waals surface area contributed by atoms with E-state index >= 15 is 0 Å². The Morgan fingerprint density at radius 2 is 2.39 bits per heavy atom. The summed E-state index contributed by atoms with van der Waals surface area (Å²) in [6.07, 6.45) is 2.55. The molecule has 18 heavy (non-hydrogen) atoms. The third-order valence-electron chi connectivity index (χ3n) is 3.17. The summed E-state index contributed by atoms with van der Waals surface area (Å²) in [5.74, 6) is 0.607. The van der Waals surface area contributed by atoms with Crippen LogP contribution in [0.5, 0.6) is 5.75 Å². The van der Waals surface area contributed by atoms with Gasteiger partial charge in [-0.1, -0.05) is 0 Å². The fourth-order valence-electron chi connectivity index (χ4n) is 2.23. The van der Waals surface area contributed by atoms with Gasteiger partial charge in [-0.15, -0.1) is 0 Å². The summed E-state index contributed by atoms with van der Waals surface area (Å²) in [6.45, 7) is 1.75. The first-order valence-corrected chi connectivity index (χ1v) is 6.23. The van der Waals surface area contributed by atoms with Crippen LogP contribution in [-0.4, -0.2) is 31.8 Å². The molecule has 2 N–H and O–H groups in total. The van der Waals surface area contributed by atoms with Crippen molar-refractivity contribution >= 4 is 17.3 Å². The number of amides is 1. The summed E-state index contributed by atoms with van der Waals surface area (Å²) in [4.78, 5) is 11.2. The van der Waals surface area contributed by atoms with Gasteiger partial charge < -0.3 is 20.1 Å². The molecule has 1 aromatic rings. The van der Waals surface area contributed by atoms with Gasteiger partial charge in [0.2, 0.25) is 0 Å². The van der Waals surface area contributed by atoms with Crippen LogP contribution >= 0.6 is 0 Å². The number of hydrogen-bond acceptors (Lipinski definition) is 4. The van der Waals surface area contributed by atoms with Crippen LogP contribution in [0.3, 0.4) is 0 Å². The highest BCUT2D eigenvalue weighted by Crippen LogP contribution is 2.30. The molecule has 5 heteroatoms. The molecule has 3 rings (SSSR count). The largest absolute Gasteiger partial charge is 0.482 e. The topological polar surface area (TPSA) is 59.6 Å². The van der Waals surface area contributed by atoms with Crippen LogP contribution in [0.2, 0.25) is 0 Å². The van der Waals surface area contributed by atoms with Crippen LogP contribution in [-0.2, 0) is 9.53 Å². The van der Waals surface area contributed by atoms with Crippen LogP contribution in [0.1, 0.15) is 12.8 Å². The molecule has 1 atom stereocenters. The first-order valence-electron chi connectivity index (χ1n) is 6.23. The zero-order valence-corrected chi connectivity index (χ0v) is 10.1. The first-order chi connectivity index (χ1) is 8.81. The Morgan fingerprint density at radius 3 is 3.22 bits per heavy atom. The van der Waals surface area contributed by atoms with Gasteiger partial charge in [-0.05, 0) is 31.0 Å². The fraction of sp³-hybridized carbons (Fsp3) is 0.462. The molecule has 2 aliphatic rings. The molecule has 0 radical (unpaired) electrons. The molecule has 0 bridgehead atoms. The fourth-order valence-corrected chi connectivity index (χ4v) is 2.23. The number of carbonyl (C=O) groups is 1. The second-order valence-electron chi connectivity index (χ2n) is 4.56. The molecule has 0 aromatic heterocycles. The summed E-state index contributed by atoms with van der Waals surface area (Å²) in [7, 11) is 0. The predicted molar refractivity (Wildman–Crippen MR) is 68.0 cm³/mol. The minimum Gasteiger partial charge on any atom is -0.482 e. The van der Waals surface area contributed by atoms with Crippen molar-refractivity contribution in [2.45, 2.75) is 18.9 Å². The van der Waals surface area contributed by atoms with Crippen molar-refractivity contribution in [1.29, 1.82) is 0 Å². The molecule has 96 valence electrons. The van der Waals surface area contributed by atoms with Crippen LogP contribution in [0.25, 0.3) is 0 Å². The molecule has 1 amide bonds. The van der Waals surface area contributed by atoms with E-state index in [0.29, 0.717) is 6.10 Å². The van der Waals surface area contributed by atoms with E-state index in [4.69, 9.17) is 9.47 Å². The Balaban J connectivity index is 1.65. The van der Waals surface area contributed by atoms with Gasteiger partial charge in [0.25, 0.3) is 5.91 Å².